The second-order valence-electron chi connectivity index (χ2n) is 1.44. The molecule has 5 heteroatoms. The molecule has 0 heterocycles. The largest absolute Gasteiger partial charge is 0.306 e. The van der Waals surface area contributed by atoms with Gasteiger partial charge in [-0.05, 0) is 0 Å². The van der Waals surface area contributed by atoms with Gasteiger partial charge in [0, 0.05) is 12.3 Å². The highest BCUT2D eigenvalue weighted by Gasteiger charge is 2.03. The maximum absolute atomic E-state index is 10.4. The molecular formula is C4H7ClO3S. The molecule has 0 rings (SSSR count). The Morgan fingerprint density at radius 1 is 1.67 bits per heavy atom. The molecule has 0 aromatic heterocycles. The van der Waals surface area contributed by atoms with Gasteiger partial charge in [0.2, 0.25) is 0 Å². The van der Waals surface area contributed by atoms with Crippen LogP contribution in [0.1, 0.15) is 6.42 Å². The Morgan fingerprint density at radius 3 is 2.56 bits per heavy atom. The van der Waals surface area contributed by atoms with E-state index in [1.807, 2.05) is 0 Å². The van der Waals surface area contributed by atoms with Gasteiger partial charge in [-0.1, -0.05) is 0 Å². The lowest BCUT2D eigenvalue weighted by atomic mass is 10.3. The first-order chi connectivity index (χ1) is 4.16. The third kappa shape index (κ3) is 5.95. The highest BCUT2D eigenvalue weighted by molar-refractivity contribution is 7.80. The van der Waals surface area contributed by atoms with E-state index in [1.54, 1.807) is 0 Å². The maximum Gasteiger partial charge on any atom is 0.160 e. The molecule has 3 nitrogen and oxygen atoms in total. The molecule has 0 aliphatic heterocycles. The monoisotopic (exact) mass is 170 g/mol. The first-order valence-corrected chi connectivity index (χ1v) is 4.13. The SMILES string of the molecule is O=C(CCCl)CS(=O)O. The van der Waals surface area contributed by atoms with E-state index in [4.69, 9.17) is 16.2 Å². The van der Waals surface area contributed by atoms with Crippen LogP contribution in [0.15, 0.2) is 0 Å². The van der Waals surface area contributed by atoms with Crippen molar-refractivity contribution in [3.05, 3.63) is 0 Å². The van der Waals surface area contributed by atoms with E-state index in [2.05, 4.69) is 0 Å². The van der Waals surface area contributed by atoms with Crippen molar-refractivity contribution in [3.63, 3.8) is 0 Å². The van der Waals surface area contributed by atoms with Crippen LogP contribution in [-0.2, 0) is 15.9 Å². The number of alkyl halides is 1. The first-order valence-electron chi connectivity index (χ1n) is 2.32. The molecule has 0 aliphatic carbocycles. The van der Waals surface area contributed by atoms with Crippen LogP contribution in [0.2, 0.25) is 0 Å². The molecule has 0 spiro atoms. The Bertz CT molecular complexity index is 125. The van der Waals surface area contributed by atoms with Crippen molar-refractivity contribution in [1.29, 1.82) is 0 Å². The average molecular weight is 171 g/mol. The molecule has 54 valence electrons. The fourth-order valence-electron chi connectivity index (χ4n) is 0.315. The number of hydrogen-bond donors (Lipinski definition) is 1. The van der Waals surface area contributed by atoms with Crippen molar-refractivity contribution in [2.24, 2.45) is 0 Å². The second-order valence-corrected chi connectivity index (χ2v) is 2.75. The summed E-state index contributed by atoms with van der Waals surface area (Å²) in [4.78, 5) is 10.4. The highest BCUT2D eigenvalue weighted by atomic mass is 35.5. The molecule has 1 N–H and O–H groups in total. The number of carbonyl (C=O) groups is 1. The van der Waals surface area contributed by atoms with Crippen LogP contribution in [0, 0.1) is 0 Å². The maximum atomic E-state index is 10.4. The number of halogens is 1. The zero-order valence-corrected chi connectivity index (χ0v) is 6.24. The van der Waals surface area contributed by atoms with Gasteiger partial charge in [0.15, 0.2) is 11.1 Å². The van der Waals surface area contributed by atoms with Crippen molar-refractivity contribution in [1.82, 2.24) is 0 Å². The molecule has 0 aliphatic rings. The van der Waals surface area contributed by atoms with E-state index >= 15 is 0 Å². The summed E-state index contributed by atoms with van der Waals surface area (Å²) in [7, 11) is 0. The standard InChI is InChI=1S/C4H7ClO3S/c5-2-1-4(6)3-9(7)8/h1-3H2,(H,7,8). The molecule has 1 atom stereocenters. The average Bonchev–Trinajstić information content (AvgIpc) is 1.63. The highest BCUT2D eigenvalue weighted by Crippen LogP contribution is 1.88. The van der Waals surface area contributed by atoms with Gasteiger partial charge in [0.1, 0.15) is 11.5 Å². The molecule has 0 saturated carbocycles. The van der Waals surface area contributed by atoms with Crippen LogP contribution in [0.25, 0.3) is 0 Å². The van der Waals surface area contributed by atoms with E-state index in [0.29, 0.717) is 0 Å². The minimum Gasteiger partial charge on any atom is -0.306 e. The summed E-state index contributed by atoms with van der Waals surface area (Å²) in [6, 6.07) is 0. The summed E-state index contributed by atoms with van der Waals surface area (Å²) in [6.07, 6.45) is 0.174. The first kappa shape index (κ1) is 9.07. The normalized spacial score (nSPS) is 13.1. The fourth-order valence-corrected chi connectivity index (χ4v) is 0.946. The molecule has 0 amide bonds. The summed E-state index contributed by atoms with van der Waals surface area (Å²) in [5, 5.41) is 0. The van der Waals surface area contributed by atoms with Crippen molar-refractivity contribution in [2.75, 3.05) is 11.6 Å². The summed E-state index contributed by atoms with van der Waals surface area (Å²) in [5.41, 5.74) is 0. The van der Waals surface area contributed by atoms with Gasteiger partial charge >= 0.3 is 0 Å². The van der Waals surface area contributed by atoms with Gasteiger partial charge in [-0.25, -0.2) is 4.21 Å². The molecule has 0 fully saturated rings. The number of Topliss-reactive ketones (excluding diaryl/α,β-unsaturated/α-hetero) is 1. The van der Waals surface area contributed by atoms with E-state index < -0.39 is 11.1 Å². The van der Waals surface area contributed by atoms with E-state index in [0.717, 1.165) is 0 Å². The number of hydrogen-bond acceptors (Lipinski definition) is 2. The zero-order valence-electron chi connectivity index (χ0n) is 4.67. The quantitative estimate of drug-likeness (QED) is 0.491. The second kappa shape index (κ2) is 4.90. The predicted molar refractivity (Wildman–Crippen MR) is 36.0 cm³/mol. The Kier molecular flexibility index (Phi) is 4.94. The molecular weight excluding hydrogens is 164 g/mol. The van der Waals surface area contributed by atoms with E-state index in [1.165, 1.54) is 0 Å². The smallest absolute Gasteiger partial charge is 0.160 e. The van der Waals surface area contributed by atoms with E-state index in [9.17, 15) is 9.00 Å². The number of ketones is 1. The molecule has 1 unspecified atom stereocenters. The Morgan fingerprint density at radius 2 is 2.22 bits per heavy atom. The van der Waals surface area contributed by atoms with Gasteiger partial charge < -0.3 is 4.55 Å². The summed E-state index contributed by atoms with van der Waals surface area (Å²) >= 11 is 3.17. The predicted octanol–water partition coefficient (Wildman–Crippen LogP) is 0.406. The summed E-state index contributed by atoms with van der Waals surface area (Å²) in [6.45, 7) is 0. The topological polar surface area (TPSA) is 54.4 Å². The third-order valence-corrected chi connectivity index (χ3v) is 1.42. The molecule has 9 heavy (non-hydrogen) atoms. The lowest BCUT2D eigenvalue weighted by molar-refractivity contribution is -0.116. The molecule has 0 aromatic carbocycles. The van der Waals surface area contributed by atoms with Crippen LogP contribution in [-0.4, -0.2) is 26.2 Å². The van der Waals surface area contributed by atoms with Crippen LogP contribution >= 0.6 is 11.6 Å². The summed E-state index contributed by atoms with van der Waals surface area (Å²) < 4.78 is 18.1. The van der Waals surface area contributed by atoms with Crippen LogP contribution in [0.4, 0.5) is 0 Å². The molecule has 0 bridgehead atoms. The van der Waals surface area contributed by atoms with Gasteiger partial charge in [0.25, 0.3) is 0 Å². The van der Waals surface area contributed by atoms with Crippen LogP contribution in [0.5, 0.6) is 0 Å². The third-order valence-electron chi connectivity index (χ3n) is 0.658. The number of rotatable bonds is 4. The lowest BCUT2D eigenvalue weighted by Crippen LogP contribution is -2.09. The van der Waals surface area contributed by atoms with Gasteiger partial charge in [-0.15, -0.1) is 11.6 Å². The minimum atomic E-state index is -2.01. The van der Waals surface area contributed by atoms with Gasteiger partial charge in [0.05, 0.1) is 0 Å². The molecule has 0 radical (unpaired) electrons. The Hall–Kier alpha value is 0.0700. The van der Waals surface area contributed by atoms with E-state index in [-0.39, 0.29) is 23.8 Å². The lowest BCUT2D eigenvalue weighted by Gasteiger charge is -1.90. The Labute approximate surface area is 60.7 Å². The number of carbonyl (C=O) groups excluding carboxylic acids is 1. The minimum absolute atomic E-state index is 0.174. The van der Waals surface area contributed by atoms with Crippen molar-refractivity contribution < 1.29 is 13.6 Å². The van der Waals surface area contributed by atoms with Crippen molar-refractivity contribution in [2.45, 2.75) is 6.42 Å². The van der Waals surface area contributed by atoms with Crippen LogP contribution < -0.4 is 0 Å². The summed E-state index contributed by atoms with van der Waals surface area (Å²) in [5.74, 6) is -0.353. The zero-order chi connectivity index (χ0) is 7.28. The fraction of sp³-hybridized carbons (Fsp3) is 0.750. The molecule has 0 aromatic rings. The van der Waals surface area contributed by atoms with Crippen molar-refractivity contribution in [3.8, 4) is 0 Å². The molecule has 0 saturated heterocycles. The van der Waals surface area contributed by atoms with Crippen molar-refractivity contribution >= 4 is 28.5 Å². The van der Waals surface area contributed by atoms with Gasteiger partial charge in [-0.2, -0.15) is 0 Å². The van der Waals surface area contributed by atoms with Gasteiger partial charge in [-0.3, -0.25) is 4.79 Å². The Balaban J connectivity index is 3.39. The van der Waals surface area contributed by atoms with Crippen LogP contribution in [0.3, 0.4) is 0 Å².